The number of fused-ring (bicyclic) bond motifs is 1. The van der Waals surface area contributed by atoms with Gasteiger partial charge < -0.3 is 14.8 Å². The molecule has 1 N–H and O–H groups in total. The number of rotatable bonds is 4. The minimum Gasteiger partial charge on any atom is -0.362 e. The molecule has 4 rings (SSSR count). The molecule has 1 aliphatic heterocycles. The molecule has 110 valence electrons. The van der Waals surface area contributed by atoms with Gasteiger partial charge in [0.2, 0.25) is 0 Å². The Morgan fingerprint density at radius 2 is 2.19 bits per heavy atom. The number of nitrogens with one attached hydrogen (secondary N) is 1. The zero-order valence-electron chi connectivity index (χ0n) is 11.8. The molecule has 1 fully saturated rings. The van der Waals surface area contributed by atoms with Gasteiger partial charge in [0, 0.05) is 36.4 Å². The van der Waals surface area contributed by atoms with Crippen LogP contribution in [0.2, 0.25) is 5.02 Å². The first-order valence-corrected chi connectivity index (χ1v) is 7.81. The van der Waals surface area contributed by atoms with Gasteiger partial charge in [-0.25, -0.2) is 0 Å². The molecule has 0 saturated heterocycles. The lowest BCUT2D eigenvalue weighted by atomic mass is 10.1. The maximum atomic E-state index is 6.18. The van der Waals surface area contributed by atoms with Crippen molar-refractivity contribution in [2.24, 2.45) is 0 Å². The Hall–Kier alpha value is -1.59. The lowest BCUT2D eigenvalue weighted by Gasteiger charge is -2.31. The monoisotopic (exact) mass is 303 g/mol. The summed E-state index contributed by atoms with van der Waals surface area (Å²) in [6.07, 6.45) is 4.40. The Bertz CT molecular complexity index is 649. The summed E-state index contributed by atoms with van der Waals surface area (Å²) in [4.78, 5) is 2.37. The van der Waals surface area contributed by atoms with E-state index in [-0.39, 0.29) is 0 Å². The summed E-state index contributed by atoms with van der Waals surface area (Å²) in [5.74, 6) is 1.03. The van der Waals surface area contributed by atoms with Gasteiger partial charge >= 0.3 is 0 Å². The summed E-state index contributed by atoms with van der Waals surface area (Å²) in [6.45, 7) is 3.59. The molecule has 0 bridgehead atoms. The predicted molar refractivity (Wildman–Crippen MR) is 82.4 cm³/mol. The second-order valence-electron chi connectivity index (χ2n) is 5.79. The van der Waals surface area contributed by atoms with Gasteiger partial charge in [-0.15, -0.1) is 10.2 Å². The highest BCUT2D eigenvalue weighted by Crippen LogP contribution is 2.28. The van der Waals surface area contributed by atoms with Crippen molar-refractivity contribution in [3.8, 4) is 0 Å². The second-order valence-corrected chi connectivity index (χ2v) is 6.23. The largest absolute Gasteiger partial charge is 0.362 e. The standard InChI is InChI=1S/C15H18ClN5/c16-12-1-4-14(11(7-12)8-17-13-2-3-13)20-5-6-21-10-18-19-15(21)9-20/h1,4,7,10,13,17H,2-3,5-6,8-9H2. The molecular weight excluding hydrogens is 286 g/mol. The van der Waals surface area contributed by atoms with E-state index < -0.39 is 0 Å². The first-order chi connectivity index (χ1) is 10.3. The Morgan fingerprint density at radius 3 is 3.05 bits per heavy atom. The van der Waals surface area contributed by atoms with Crippen LogP contribution in [-0.4, -0.2) is 27.4 Å². The van der Waals surface area contributed by atoms with Crippen LogP contribution < -0.4 is 10.2 Å². The van der Waals surface area contributed by atoms with Crippen LogP contribution in [0.4, 0.5) is 5.69 Å². The quantitative estimate of drug-likeness (QED) is 0.940. The summed E-state index contributed by atoms with van der Waals surface area (Å²) < 4.78 is 2.12. The maximum Gasteiger partial charge on any atom is 0.152 e. The molecule has 2 aromatic rings. The fourth-order valence-electron chi connectivity index (χ4n) is 2.82. The van der Waals surface area contributed by atoms with Gasteiger partial charge in [-0.2, -0.15) is 0 Å². The number of nitrogens with zero attached hydrogens (tertiary/aromatic N) is 4. The molecule has 2 aliphatic rings. The van der Waals surface area contributed by atoms with Gasteiger partial charge in [0.25, 0.3) is 0 Å². The van der Waals surface area contributed by atoms with E-state index in [1.165, 1.54) is 24.1 Å². The van der Waals surface area contributed by atoms with Crippen LogP contribution in [0.3, 0.4) is 0 Å². The molecule has 5 nitrogen and oxygen atoms in total. The molecule has 0 unspecified atom stereocenters. The molecular formula is C15H18ClN5. The number of benzene rings is 1. The lowest BCUT2D eigenvalue weighted by Crippen LogP contribution is -2.34. The predicted octanol–water partition coefficient (Wildman–Crippen LogP) is 2.20. The molecule has 6 heteroatoms. The molecule has 0 spiro atoms. The van der Waals surface area contributed by atoms with Crippen LogP contribution in [-0.2, 0) is 19.6 Å². The Kier molecular flexibility index (Phi) is 3.31. The number of hydrogen-bond donors (Lipinski definition) is 1. The fraction of sp³-hybridized carbons (Fsp3) is 0.467. The van der Waals surface area contributed by atoms with Crippen LogP contribution in [0, 0.1) is 0 Å². The summed E-state index contributed by atoms with van der Waals surface area (Å²) in [6, 6.07) is 6.86. The number of aromatic nitrogens is 3. The van der Waals surface area contributed by atoms with Gasteiger partial charge in [-0.05, 0) is 36.6 Å². The summed E-state index contributed by atoms with van der Waals surface area (Å²) in [5.41, 5.74) is 2.52. The van der Waals surface area contributed by atoms with E-state index in [9.17, 15) is 0 Å². The van der Waals surface area contributed by atoms with Crippen molar-refractivity contribution in [3.63, 3.8) is 0 Å². The van der Waals surface area contributed by atoms with Gasteiger partial charge in [0.15, 0.2) is 5.82 Å². The summed E-state index contributed by atoms with van der Waals surface area (Å²) in [7, 11) is 0. The zero-order chi connectivity index (χ0) is 14.2. The Balaban J connectivity index is 1.58. The molecule has 0 radical (unpaired) electrons. The van der Waals surface area contributed by atoms with Crippen molar-refractivity contribution in [2.75, 3.05) is 11.4 Å². The van der Waals surface area contributed by atoms with Crippen LogP contribution in [0.15, 0.2) is 24.5 Å². The van der Waals surface area contributed by atoms with E-state index in [1.54, 1.807) is 0 Å². The minimum absolute atomic E-state index is 0.696. The molecule has 1 aliphatic carbocycles. The first-order valence-electron chi connectivity index (χ1n) is 7.43. The third kappa shape index (κ3) is 2.76. The van der Waals surface area contributed by atoms with E-state index in [4.69, 9.17) is 11.6 Å². The Labute approximate surface area is 128 Å². The zero-order valence-corrected chi connectivity index (χ0v) is 12.6. The van der Waals surface area contributed by atoms with Gasteiger partial charge in [0.05, 0.1) is 6.54 Å². The van der Waals surface area contributed by atoms with Crippen molar-refractivity contribution >= 4 is 17.3 Å². The van der Waals surface area contributed by atoms with Crippen LogP contribution in [0.5, 0.6) is 0 Å². The van der Waals surface area contributed by atoms with Gasteiger partial charge in [-0.3, -0.25) is 0 Å². The Morgan fingerprint density at radius 1 is 1.29 bits per heavy atom. The maximum absolute atomic E-state index is 6.18. The second kappa shape index (κ2) is 5.31. The number of hydrogen-bond acceptors (Lipinski definition) is 4. The van der Waals surface area contributed by atoms with E-state index >= 15 is 0 Å². The summed E-state index contributed by atoms with van der Waals surface area (Å²) >= 11 is 6.18. The van der Waals surface area contributed by atoms with E-state index in [0.717, 1.165) is 37.0 Å². The van der Waals surface area contributed by atoms with Crippen molar-refractivity contribution in [1.29, 1.82) is 0 Å². The lowest BCUT2D eigenvalue weighted by molar-refractivity contribution is 0.557. The van der Waals surface area contributed by atoms with Crippen molar-refractivity contribution in [1.82, 2.24) is 20.1 Å². The van der Waals surface area contributed by atoms with Gasteiger partial charge in [0.1, 0.15) is 6.33 Å². The molecule has 0 amide bonds. The van der Waals surface area contributed by atoms with E-state index in [0.29, 0.717) is 6.04 Å². The van der Waals surface area contributed by atoms with Crippen molar-refractivity contribution in [2.45, 2.75) is 38.5 Å². The fourth-order valence-corrected chi connectivity index (χ4v) is 3.01. The number of halogens is 1. The topological polar surface area (TPSA) is 46.0 Å². The van der Waals surface area contributed by atoms with Crippen LogP contribution in [0.25, 0.3) is 0 Å². The molecule has 0 atom stereocenters. The third-order valence-electron chi connectivity index (χ3n) is 4.18. The first kappa shape index (κ1) is 13.1. The van der Waals surface area contributed by atoms with Crippen molar-refractivity contribution < 1.29 is 0 Å². The van der Waals surface area contributed by atoms with E-state index in [2.05, 4.69) is 37.1 Å². The van der Waals surface area contributed by atoms with E-state index in [1.807, 2.05) is 12.4 Å². The minimum atomic E-state index is 0.696. The SMILES string of the molecule is Clc1ccc(N2CCn3cnnc3C2)c(CNC2CC2)c1. The average Bonchev–Trinajstić information content (AvgIpc) is 3.20. The molecule has 21 heavy (non-hydrogen) atoms. The van der Waals surface area contributed by atoms with Crippen LogP contribution >= 0.6 is 11.6 Å². The smallest absolute Gasteiger partial charge is 0.152 e. The average molecular weight is 304 g/mol. The molecule has 1 aromatic heterocycles. The molecule has 1 saturated carbocycles. The number of anilines is 1. The summed E-state index contributed by atoms with van der Waals surface area (Å²) in [5, 5.41) is 12.6. The molecule has 1 aromatic carbocycles. The van der Waals surface area contributed by atoms with Crippen molar-refractivity contribution in [3.05, 3.63) is 40.9 Å². The highest BCUT2D eigenvalue weighted by Gasteiger charge is 2.23. The third-order valence-corrected chi connectivity index (χ3v) is 4.41. The van der Waals surface area contributed by atoms with Crippen LogP contribution in [0.1, 0.15) is 24.2 Å². The normalized spacial score (nSPS) is 17.9. The van der Waals surface area contributed by atoms with Gasteiger partial charge in [-0.1, -0.05) is 11.6 Å². The highest BCUT2D eigenvalue weighted by atomic mass is 35.5. The highest BCUT2D eigenvalue weighted by molar-refractivity contribution is 6.30. The molecule has 2 heterocycles.